The largest absolute Gasteiger partial charge is 0.497 e. The normalized spacial score (nSPS) is 18.5. The van der Waals surface area contributed by atoms with Gasteiger partial charge in [-0.15, -0.1) is 0 Å². The lowest BCUT2D eigenvalue weighted by Crippen LogP contribution is -2.13. The standard InChI is InChI=1S/C17H19NO/c1-19-14-7-4-6-13(12-14)15-8-2-3-9-16(15)17-10-5-11-18-17/h2-4,6-9,12,17-18H,5,10-11H2,1H3/t17-/m1/s1. The van der Waals surface area contributed by atoms with Gasteiger partial charge in [0.25, 0.3) is 0 Å². The van der Waals surface area contributed by atoms with Gasteiger partial charge in [0.1, 0.15) is 5.75 Å². The summed E-state index contributed by atoms with van der Waals surface area (Å²) in [7, 11) is 1.71. The van der Waals surface area contributed by atoms with Gasteiger partial charge in [-0.25, -0.2) is 0 Å². The summed E-state index contributed by atoms with van der Waals surface area (Å²) in [5, 5.41) is 3.58. The highest BCUT2D eigenvalue weighted by atomic mass is 16.5. The number of hydrogen-bond donors (Lipinski definition) is 1. The lowest BCUT2D eigenvalue weighted by molar-refractivity contribution is 0.415. The Morgan fingerprint density at radius 2 is 2.00 bits per heavy atom. The minimum absolute atomic E-state index is 0.488. The molecule has 0 saturated carbocycles. The number of methoxy groups -OCH3 is 1. The summed E-state index contributed by atoms with van der Waals surface area (Å²) in [5.41, 5.74) is 3.93. The molecule has 0 bridgehead atoms. The summed E-state index contributed by atoms with van der Waals surface area (Å²) in [6.45, 7) is 1.12. The first-order valence-corrected chi connectivity index (χ1v) is 6.85. The Balaban J connectivity index is 2.03. The molecule has 2 aromatic rings. The van der Waals surface area contributed by atoms with E-state index in [4.69, 9.17) is 4.74 Å². The van der Waals surface area contributed by atoms with Crippen LogP contribution in [-0.2, 0) is 0 Å². The van der Waals surface area contributed by atoms with Crippen molar-refractivity contribution in [3.63, 3.8) is 0 Å². The molecule has 0 aliphatic carbocycles. The average molecular weight is 253 g/mol. The average Bonchev–Trinajstić information content (AvgIpc) is 3.01. The van der Waals surface area contributed by atoms with Crippen molar-refractivity contribution < 1.29 is 4.74 Å². The summed E-state index contributed by atoms with van der Waals surface area (Å²) in [5.74, 6) is 0.909. The fourth-order valence-electron chi connectivity index (χ4n) is 2.80. The molecule has 3 rings (SSSR count). The Kier molecular flexibility index (Phi) is 3.51. The zero-order chi connectivity index (χ0) is 13.1. The Morgan fingerprint density at radius 1 is 1.11 bits per heavy atom. The molecule has 2 heteroatoms. The smallest absolute Gasteiger partial charge is 0.119 e. The second-order valence-corrected chi connectivity index (χ2v) is 4.97. The third-order valence-corrected chi connectivity index (χ3v) is 3.78. The maximum Gasteiger partial charge on any atom is 0.119 e. The van der Waals surface area contributed by atoms with E-state index < -0.39 is 0 Å². The number of benzene rings is 2. The van der Waals surface area contributed by atoms with Crippen molar-refractivity contribution in [3.8, 4) is 16.9 Å². The molecule has 0 aromatic heterocycles. The zero-order valence-electron chi connectivity index (χ0n) is 11.2. The van der Waals surface area contributed by atoms with Crippen LogP contribution in [-0.4, -0.2) is 13.7 Å². The Hall–Kier alpha value is -1.80. The van der Waals surface area contributed by atoms with Gasteiger partial charge in [0, 0.05) is 6.04 Å². The van der Waals surface area contributed by atoms with Gasteiger partial charge in [0.15, 0.2) is 0 Å². The third kappa shape index (κ3) is 2.49. The van der Waals surface area contributed by atoms with Crippen molar-refractivity contribution in [1.82, 2.24) is 5.32 Å². The van der Waals surface area contributed by atoms with Gasteiger partial charge in [-0.2, -0.15) is 0 Å². The van der Waals surface area contributed by atoms with Crippen molar-refractivity contribution >= 4 is 0 Å². The van der Waals surface area contributed by atoms with Crippen molar-refractivity contribution in [3.05, 3.63) is 54.1 Å². The summed E-state index contributed by atoms with van der Waals surface area (Å²) in [6.07, 6.45) is 2.48. The predicted octanol–water partition coefficient (Wildman–Crippen LogP) is 3.79. The van der Waals surface area contributed by atoms with Gasteiger partial charge in [-0.3, -0.25) is 0 Å². The molecule has 1 atom stereocenters. The highest BCUT2D eigenvalue weighted by Gasteiger charge is 2.19. The molecule has 1 N–H and O–H groups in total. The third-order valence-electron chi connectivity index (χ3n) is 3.78. The number of rotatable bonds is 3. The van der Waals surface area contributed by atoms with E-state index in [1.165, 1.54) is 29.5 Å². The number of ether oxygens (including phenoxy) is 1. The molecule has 1 fully saturated rings. The van der Waals surface area contributed by atoms with Crippen LogP contribution in [0, 0.1) is 0 Å². The highest BCUT2D eigenvalue weighted by molar-refractivity contribution is 5.69. The van der Waals surface area contributed by atoms with E-state index >= 15 is 0 Å². The molecule has 1 aliphatic heterocycles. The van der Waals surface area contributed by atoms with E-state index in [0.717, 1.165) is 12.3 Å². The van der Waals surface area contributed by atoms with Crippen LogP contribution in [0.3, 0.4) is 0 Å². The van der Waals surface area contributed by atoms with Gasteiger partial charge in [0.2, 0.25) is 0 Å². The first-order chi connectivity index (χ1) is 9.38. The van der Waals surface area contributed by atoms with Gasteiger partial charge < -0.3 is 10.1 Å². The molecule has 1 saturated heterocycles. The predicted molar refractivity (Wildman–Crippen MR) is 78.4 cm³/mol. The van der Waals surface area contributed by atoms with Crippen molar-refractivity contribution in [2.24, 2.45) is 0 Å². The van der Waals surface area contributed by atoms with Crippen LogP contribution in [0.2, 0.25) is 0 Å². The Bertz CT molecular complexity index is 559. The summed E-state index contributed by atoms with van der Waals surface area (Å²) in [6, 6.07) is 17.4. The first kappa shape index (κ1) is 12.2. The molecule has 1 heterocycles. The zero-order valence-corrected chi connectivity index (χ0v) is 11.2. The minimum Gasteiger partial charge on any atom is -0.497 e. The fraction of sp³-hybridized carbons (Fsp3) is 0.294. The van der Waals surface area contributed by atoms with E-state index in [1.54, 1.807) is 7.11 Å². The van der Waals surface area contributed by atoms with Gasteiger partial charge in [-0.1, -0.05) is 36.4 Å². The van der Waals surface area contributed by atoms with Crippen molar-refractivity contribution in [2.45, 2.75) is 18.9 Å². The van der Waals surface area contributed by atoms with E-state index in [9.17, 15) is 0 Å². The van der Waals surface area contributed by atoms with E-state index in [2.05, 4.69) is 41.7 Å². The molecule has 1 aliphatic rings. The Labute approximate surface area is 114 Å². The van der Waals surface area contributed by atoms with Gasteiger partial charge in [0.05, 0.1) is 7.11 Å². The second kappa shape index (κ2) is 5.45. The topological polar surface area (TPSA) is 21.3 Å². The summed E-state index contributed by atoms with van der Waals surface area (Å²) < 4.78 is 5.33. The van der Waals surface area contributed by atoms with Crippen LogP contribution in [0.4, 0.5) is 0 Å². The highest BCUT2D eigenvalue weighted by Crippen LogP contribution is 2.33. The lowest BCUT2D eigenvalue weighted by Gasteiger charge is -2.16. The summed E-state index contributed by atoms with van der Waals surface area (Å²) >= 11 is 0. The molecule has 0 unspecified atom stereocenters. The van der Waals surface area contributed by atoms with E-state index in [-0.39, 0.29) is 0 Å². The SMILES string of the molecule is COc1cccc(-c2ccccc2[C@H]2CCCN2)c1. The molecule has 0 spiro atoms. The van der Waals surface area contributed by atoms with Crippen LogP contribution in [0.25, 0.3) is 11.1 Å². The molecule has 2 aromatic carbocycles. The van der Waals surface area contributed by atoms with Crippen LogP contribution in [0.5, 0.6) is 5.75 Å². The van der Waals surface area contributed by atoms with Crippen LogP contribution in [0.15, 0.2) is 48.5 Å². The van der Waals surface area contributed by atoms with Gasteiger partial charge in [-0.05, 0) is 48.2 Å². The first-order valence-electron chi connectivity index (χ1n) is 6.85. The van der Waals surface area contributed by atoms with Gasteiger partial charge >= 0.3 is 0 Å². The monoisotopic (exact) mass is 253 g/mol. The molecular formula is C17H19NO. The number of nitrogens with one attached hydrogen (secondary N) is 1. The van der Waals surface area contributed by atoms with Crippen molar-refractivity contribution in [2.75, 3.05) is 13.7 Å². The second-order valence-electron chi connectivity index (χ2n) is 4.97. The quantitative estimate of drug-likeness (QED) is 0.898. The van der Waals surface area contributed by atoms with Crippen LogP contribution < -0.4 is 10.1 Å². The van der Waals surface area contributed by atoms with E-state index in [0.29, 0.717) is 6.04 Å². The molecule has 19 heavy (non-hydrogen) atoms. The van der Waals surface area contributed by atoms with Crippen LogP contribution >= 0.6 is 0 Å². The fourth-order valence-corrected chi connectivity index (χ4v) is 2.80. The van der Waals surface area contributed by atoms with Crippen LogP contribution in [0.1, 0.15) is 24.4 Å². The molecule has 98 valence electrons. The maximum absolute atomic E-state index is 5.33. The molecule has 2 nitrogen and oxygen atoms in total. The molecule has 0 amide bonds. The van der Waals surface area contributed by atoms with Crippen molar-refractivity contribution in [1.29, 1.82) is 0 Å². The Morgan fingerprint density at radius 3 is 2.79 bits per heavy atom. The minimum atomic E-state index is 0.488. The number of hydrogen-bond acceptors (Lipinski definition) is 2. The lowest BCUT2D eigenvalue weighted by atomic mass is 9.94. The van der Waals surface area contributed by atoms with E-state index in [1.807, 2.05) is 12.1 Å². The summed E-state index contributed by atoms with van der Waals surface area (Å²) in [4.78, 5) is 0. The molecular weight excluding hydrogens is 234 g/mol. The maximum atomic E-state index is 5.33. The molecule has 0 radical (unpaired) electrons.